The minimum absolute atomic E-state index is 0.0318. The highest BCUT2D eigenvalue weighted by Crippen LogP contribution is 2.20. The Bertz CT molecular complexity index is 543. The zero-order valence-corrected chi connectivity index (χ0v) is 12.7. The molecule has 21 heavy (non-hydrogen) atoms. The van der Waals surface area contributed by atoms with E-state index in [1.807, 2.05) is 39.0 Å². The van der Waals surface area contributed by atoms with Gasteiger partial charge in [-0.25, -0.2) is 9.97 Å². The monoisotopic (exact) mass is 290 g/mol. The lowest BCUT2D eigenvalue weighted by atomic mass is 10.2. The van der Waals surface area contributed by atoms with Crippen LogP contribution in [0.4, 0.5) is 11.6 Å². The van der Waals surface area contributed by atoms with Crippen LogP contribution in [0.5, 0.6) is 0 Å². The van der Waals surface area contributed by atoms with Gasteiger partial charge in [0, 0.05) is 19.2 Å². The fraction of sp³-hybridized carbons (Fsp3) is 0.467. The quantitative estimate of drug-likeness (QED) is 0.778. The number of rotatable bonds is 8. The molecule has 2 aromatic rings. The van der Waals surface area contributed by atoms with Gasteiger partial charge in [-0.2, -0.15) is 0 Å². The second-order valence-corrected chi connectivity index (χ2v) is 4.60. The van der Waals surface area contributed by atoms with Crippen molar-refractivity contribution in [1.82, 2.24) is 9.97 Å². The average molecular weight is 290 g/mol. The first-order chi connectivity index (χ1) is 10.2. The molecular formula is C15H22N4O2. The van der Waals surface area contributed by atoms with Gasteiger partial charge < -0.3 is 19.8 Å². The molecule has 6 nitrogen and oxygen atoms in total. The zero-order valence-electron chi connectivity index (χ0n) is 12.7. The van der Waals surface area contributed by atoms with Crippen molar-refractivity contribution in [3.63, 3.8) is 0 Å². The molecule has 0 aliphatic carbocycles. The van der Waals surface area contributed by atoms with E-state index in [4.69, 9.17) is 9.15 Å². The lowest BCUT2D eigenvalue weighted by molar-refractivity contribution is 0.128. The minimum atomic E-state index is 0.0318. The molecule has 6 heteroatoms. The summed E-state index contributed by atoms with van der Waals surface area (Å²) in [5, 5.41) is 6.52. The maximum Gasteiger partial charge on any atom is 0.158 e. The summed E-state index contributed by atoms with van der Waals surface area (Å²) in [7, 11) is 0. The molecule has 0 spiro atoms. The van der Waals surface area contributed by atoms with Gasteiger partial charge >= 0.3 is 0 Å². The molecule has 2 N–H and O–H groups in total. The molecule has 114 valence electrons. The third-order valence-electron chi connectivity index (χ3n) is 2.90. The highest BCUT2D eigenvalue weighted by atomic mass is 16.5. The molecule has 0 bridgehead atoms. The van der Waals surface area contributed by atoms with E-state index in [-0.39, 0.29) is 6.04 Å². The Hall–Kier alpha value is -2.08. The molecule has 0 fully saturated rings. The number of anilines is 2. The maximum atomic E-state index is 5.39. The van der Waals surface area contributed by atoms with E-state index in [1.54, 1.807) is 6.26 Å². The normalized spacial score (nSPS) is 12.1. The molecule has 0 aliphatic heterocycles. The highest BCUT2D eigenvalue weighted by Gasteiger charge is 2.11. The van der Waals surface area contributed by atoms with Crippen LogP contribution in [-0.2, 0) is 11.3 Å². The lowest BCUT2D eigenvalue weighted by Gasteiger charge is -2.14. The summed E-state index contributed by atoms with van der Waals surface area (Å²) in [5.74, 6) is 3.06. The number of aromatic nitrogens is 2. The molecule has 1 unspecified atom stereocenters. The van der Waals surface area contributed by atoms with E-state index in [1.165, 1.54) is 0 Å². The van der Waals surface area contributed by atoms with Crippen molar-refractivity contribution in [3.05, 3.63) is 36.0 Å². The number of ether oxygens (including phenoxy) is 1. The topological polar surface area (TPSA) is 72.2 Å². The summed E-state index contributed by atoms with van der Waals surface area (Å²) in [5.41, 5.74) is 0. The van der Waals surface area contributed by atoms with Crippen LogP contribution in [0.25, 0.3) is 0 Å². The Labute approximate surface area is 124 Å². The van der Waals surface area contributed by atoms with Crippen molar-refractivity contribution >= 4 is 11.6 Å². The Balaban J connectivity index is 2.14. The van der Waals surface area contributed by atoms with Crippen molar-refractivity contribution in [3.8, 4) is 0 Å². The molecule has 0 amide bonds. The number of nitrogens with zero attached hydrogens (tertiary/aromatic N) is 2. The molecule has 0 aromatic carbocycles. The second kappa shape index (κ2) is 7.64. The van der Waals surface area contributed by atoms with Crippen LogP contribution in [0.2, 0.25) is 0 Å². The molecule has 2 aromatic heterocycles. The van der Waals surface area contributed by atoms with Gasteiger partial charge in [-0.15, -0.1) is 0 Å². The average Bonchev–Trinajstić information content (AvgIpc) is 2.99. The zero-order chi connectivity index (χ0) is 15.1. The van der Waals surface area contributed by atoms with Gasteiger partial charge in [0.2, 0.25) is 0 Å². The predicted molar refractivity (Wildman–Crippen MR) is 82.3 cm³/mol. The summed E-state index contributed by atoms with van der Waals surface area (Å²) in [4.78, 5) is 8.89. The van der Waals surface area contributed by atoms with Crippen molar-refractivity contribution in [2.75, 3.05) is 23.8 Å². The Morgan fingerprint density at radius 3 is 2.76 bits per heavy atom. The first-order valence-electron chi connectivity index (χ1n) is 7.22. The van der Waals surface area contributed by atoms with Crippen molar-refractivity contribution in [1.29, 1.82) is 0 Å². The first-order valence-corrected chi connectivity index (χ1v) is 7.22. The summed E-state index contributed by atoms with van der Waals surface area (Å²) < 4.78 is 10.8. The molecule has 1 atom stereocenters. The van der Waals surface area contributed by atoms with Crippen molar-refractivity contribution < 1.29 is 9.15 Å². The van der Waals surface area contributed by atoms with Crippen LogP contribution >= 0.6 is 0 Å². The Morgan fingerprint density at radius 1 is 1.29 bits per heavy atom. The Morgan fingerprint density at radius 2 is 2.10 bits per heavy atom. The Kier molecular flexibility index (Phi) is 5.57. The van der Waals surface area contributed by atoms with Gasteiger partial charge in [0.1, 0.15) is 24.0 Å². The van der Waals surface area contributed by atoms with Crippen LogP contribution in [0.1, 0.15) is 38.4 Å². The summed E-state index contributed by atoms with van der Waals surface area (Å²) in [6.07, 6.45) is 1.66. The predicted octanol–water partition coefficient (Wildman–Crippen LogP) is 3.21. The summed E-state index contributed by atoms with van der Waals surface area (Å²) in [6, 6.07) is 5.73. The van der Waals surface area contributed by atoms with Gasteiger partial charge in [0.15, 0.2) is 5.82 Å². The van der Waals surface area contributed by atoms with Gasteiger partial charge in [-0.1, -0.05) is 0 Å². The van der Waals surface area contributed by atoms with Crippen LogP contribution in [0.15, 0.2) is 28.9 Å². The van der Waals surface area contributed by atoms with Crippen LogP contribution in [0.3, 0.4) is 0 Å². The van der Waals surface area contributed by atoms with E-state index >= 15 is 0 Å². The lowest BCUT2D eigenvalue weighted by Crippen LogP contribution is -2.11. The van der Waals surface area contributed by atoms with Crippen molar-refractivity contribution in [2.45, 2.75) is 33.4 Å². The number of furan rings is 1. The van der Waals surface area contributed by atoms with Gasteiger partial charge in [0.05, 0.1) is 12.3 Å². The number of hydrogen-bond donors (Lipinski definition) is 2. The summed E-state index contributed by atoms with van der Waals surface area (Å²) in [6.45, 7) is 7.85. The van der Waals surface area contributed by atoms with Crippen LogP contribution < -0.4 is 10.6 Å². The van der Waals surface area contributed by atoms with Gasteiger partial charge in [-0.05, 0) is 32.9 Å². The second-order valence-electron chi connectivity index (χ2n) is 4.60. The van der Waals surface area contributed by atoms with E-state index in [2.05, 4.69) is 20.6 Å². The largest absolute Gasteiger partial charge is 0.467 e. The van der Waals surface area contributed by atoms with E-state index in [0.29, 0.717) is 19.0 Å². The molecule has 0 saturated carbocycles. The molecule has 2 rings (SSSR count). The van der Waals surface area contributed by atoms with E-state index < -0.39 is 0 Å². The van der Waals surface area contributed by atoms with Gasteiger partial charge in [-0.3, -0.25) is 0 Å². The molecular weight excluding hydrogens is 268 g/mol. The van der Waals surface area contributed by atoms with Crippen LogP contribution in [0, 0.1) is 0 Å². The number of hydrogen-bond acceptors (Lipinski definition) is 6. The van der Waals surface area contributed by atoms with Crippen molar-refractivity contribution in [2.24, 2.45) is 0 Å². The molecule has 0 saturated heterocycles. The molecule has 0 aliphatic rings. The fourth-order valence-corrected chi connectivity index (χ4v) is 1.93. The third-order valence-corrected chi connectivity index (χ3v) is 2.90. The molecule has 2 heterocycles. The van der Waals surface area contributed by atoms with Crippen LogP contribution in [-0.4, -0.2) is 23.1 Å². The van der Waals surface area contributed by atoms with E-state index in [9.17, 15) is 0 Å². The first kappa shape index (κ1) is 15.3. The standard InChI is InChI=1S/C15H22N4O2/c1-4-16-13-9-14(19-15(18-13)10-20-5-2)17-11(3)12-7-6-8-21-12/h6-9,11H,4-5,10H2,1-3H3,(H2,16,17,18,19). The fourth-order valence-electron chi connectivity index (χ4n) is 1.93. The maximum absolute atomic E-state index is 5.39. The highest BCUT2D eigenvalue weighted by molar-refractivity contribution is 5.48. The minimum Gasteiger partial charge on any atom is -0.467 e. The smallest absolute Gasteiger partial charge is 0.158 e. The van der Waals surface area contributed by atoms with E-state index in [0.717, 1.165) is 23.9 Å². The SMILES string of the molecule is CCNc1cc(NC(C)c2ccco2)nc(COCC)n1. The van der Waals surface area contributed by atoms with Gasteiger partial charge in [0.25, 0.3) is 0 Å². The molecule has 0 radical (unpaired) electrons. The summed E-state index contributed by atoms with van der Waals surface area (Å²) >= 11 is 0. The number of nitrogens with one attached hydrogen (secondary N) is 2. The third kappa shape index (κ3) is 4.46.